The predicted octanol–water partition coefficient (Wildman–Crippen LogP) is 6.04. The van der Waals surface area contributed by atoms with Gasteiger partial charge in [-0.15, -0.1) is 0 Å². The summed E-state index contributed by atoms with van der Waals surface area (Å²) in [6, 6.07) is 12.4. The van der Waals surface area contributed by atoms with Crippen molar-refractivity contribution >= 4 is 35.0 Å². The molecule has 2 aromatic carbocycles. The third kappa shape index (κ3) is 8.90. The number of hydrogen-bond donors (Lipinski definition) is 1. The van der Waals surface area contributed by atoms with Gasteiger partial charge in [0.2, 0.25) is 11.8 Å². The highest BCUT2D eigenvalue weighted by Crippen LogP contribution is 2.24. The molecule has 0 saturated carbocycles. The number of hydrogen-bond acceptors (Lipinski definition) is 3. The maximum Gasteiger partial charge on any atom is 0.242 e. The minimum atomic E-state index is -0.582. The Hall–Kier alpha value is -2.24. The van der Waals surface area contributed by atoms with Crippen molar-refractivity contribution < 1.29 is 14.3 Å². The fraction of sp³-hybridized carbons (Fsp3) is 0.462. The molecular weight excluding hydrogens is 459 g/mol. The first kappa shape index (κ1) is 27.0. The number of benzene rings is 2. The van der Waals surface area contributed by atoms with E-state index in [1.54, 1.807) is 23.1 Å². The number of halogens is 2. The minimum Gasteiger partial charge on any atom is -0.494 e. The van der Waals surface area contributed by atoms with Crippen LogP contribution in [0.5, 0.6) is 5.75 Å². The van der Waals surface area contributed by atoms with Gasteiger partial charge in [0.15, 0.2) is 0 Å². The molecule has 0 unspecified atom stereocenters. The second-order valence-electron chi connectivity index (χ2n) is 8.59. The van der Waals surface area contributed by atoms with Crippen LogP contribution in [-0.2, 0) is 16.1 Å². The molecule has 0 saturated heterocycles. The summed E-state index contributed by atoms with van der Waals surface area (Å²) < 4.78 is 5.76. The number of carbonyl (C=O) groups is 2. The SMILES string of the molecule is CC[C@H](C(=O)NCC(C)C)N(Cc1ccc(Cl)cc1Cl)C(=O)CCCOc1ccc(C)cc1. The largest absolute Gasteiger partial charge is 0.494 e. The Kier molecular flexibility index (Phi) is 11.0. The highest BCUT2D eigenvalue weighted by Gasteiger charge is 2.28. The second kappa shape index (κ2) is 13.5. The Labute approximate surface area is 207 Å². The van der Waals surface area contributed by atoms with Crippen LogP contribution in [0, 0.1) is 12.8 Å². The number of nitrogens with one attached hydrogen (secondary N) is 1. The van der Waals surface area contributed by atoms with Crippen LogP contribution in [0.4, 0.5) is 0 Å². The van der Waals surface area contributed by atoms with Crippen molar-refractivity contribution in [2.24, 2.45) is 5.92 Å². The van der Waals surface area contributed by atoms with Gasteiger partial charge in [-0.05, 0) is 55.5 Å². The lowest BCUT2D eigenvalue weighted by molar-refractivity contribution is -0.141. The average Bonchev–Trinajstić information content (AvgIpc) is 2.77. The molecule has 0 aromatic heterocycles. The fourth-order valence-electron chi connectivity index (χ4n) is 3.37. The molecule has 0 aliphatic carbocycles. The van der Waals surface area contributed by atoms with Crippen LogP contribution < -0.4 is 10.1 Å². The molecule has 0 heterocycles. The number of ether oxygens (including phenoxy) is 1. The van der Waals surface area contributed by atoms with Gasteiger partial charge in [0.25, 0.3) is 0 Å². The quantitative estimate of drug-likeness (QED) is 0.367. The summed E-state index contributed by atoms with van der Waals surface area (Å²) in [6.07, 6.45) is 1.31. The number of aryl methyl sites for hydroxylation is 1. The Bertz CT molecular complexity index is 916. The maximum absolute atomic E-state index is 13.2. The van der Waals surface area contributed by atoms with Crippen molar-refractivity contribution in [2.75, 3.05) is 13.2 Å². The van der Waals surface area contributed by atoms with Crippen molar-refractivity contribution in [3.8, 4) is 5.75 Å². The van der Waals surface area contributed by atoms with Crippen molar-refractivity contribution in [3.05, 3.63) is 63.6 Å². The fourth-order valence-corrected chi connectivity index (χ4v) is 3.84. The lowest BCUT2D eigenvalue weighted by Crippen LogP contribution is -2.49. The van der Waals surface area contributed by atoms with Gasteiger partial charge in [0.05, 0.1) is 6.61 Å². The molecule has 5 nitrogen and oxygen atoms in total. The van der Waals surface area contributed by atoms with Gasteiger partial charge in [0.1, 0.15) is 11.8 Å². The predicted molar refractivity (Wildman–Crippen MR) is 135 cm³/mol. The van der Waals surface area contributed by atoms with Crippen LogP contribution in [0.2, 0.25) is 10.0 Å². The number of nitrogens with zero attached hydrogens (tertiary/aromatic N) is 1. The number of carbonyl (C=O) groups excluding carboxylic acids is 2. The van der Waals surface area contributed by atoms with E-state index in [1.807, 2.05) is 52.0 Å². The number of amides is 2. The van der Waals surface area contributed by atoms with E-state index in [0.717, 1.165) is 16.9 Å². The van der Waals surface area contributed by atoms with Gasteiger partial charge in [-0.1, -0.05) is 67.7 Å². The zero-order valence-electron chi connectivity index (χ0n) is 19.9. The summed E-state index contributed by atoms with van der Waals surface area (Å²) in [5.74, 6) is 0.832. The van der Waals surface area contributed by atoms with Crippen molar-refractivity contribution in [3.63, 3.8) is 0 Å². The third-order valence-electron chi connectivity index (χ3n) is 5.25. The highest BCUT2D eigenvalue weighted by atomic mass is 35.5. The van der Waals surface area contributed by atoms with E-state index >= 15 is 0 Å². The molecule has 2 aromatic rings. The van der Waals surface area contributed by atoms with Crippen molar-refractivity contribution in [2.45, 2.75) is 59.5 Å². The molecule has 2 rings (SSSR count). The first-order chi connectivity index (χ1) is 15.7. The van der Waals surface area contributed by atoms with E-state index < -0.39 is 6.04 Å². The average molecular weight is 493 g/mol. The lowest BCUT2D eigenvalue weighted by Gasteiger charge is -2.31. The summed E-state index contributed by atoms with van der Waals surface area (Å²) in [4.78, 5) is 27.8. The smallest absolute Gasteiger partial charge is 0.242 e. The standard InChI is InChI=1S/C26H34Cl2N2O3/c1-5-24(26(32)29-16-18(2)3)30(17-20-10-11-21(27)15-23(20)28)25(31)7-6-14-33-22-12-8-19(4)9-13-22/h8-13,15,18,24H,5-7,14,16-17H2,1-4H3,(H,29,32)/t24-/m1/s1. The van der Waals surface area contributed by atoms with E-state index in [2.05, 4.69) is 5.32 Å². The zero-order chi connectivity index (χ0) is 24.4. The summed E-state index contributed by atoms with van der Waals surface area (Å²) >= 11 is 12.4. The molecule has 1 N–H and O–H groups in total. The summed E-state index contributed by atoms with van der Waals surface area (Å²) in [5, 5.41) is 3.96. The molecule has 0 fully saturated rings. The second-order valence-corrected chi connectivity index (χ2v) is 9.43. The Morgan fingerprint density at radius 2 is 1.79 bits per heavy atom. The highest BCUT2D eigenvalue weighted by molar-refractivity contribution is 6.35. The van der Waals surface area contributed by atoms with Gasteiger partial charge in [0, 0.05) is 29.6 Å². The van der Waals surface area contributed by atoms with E-state index in [-0.39, 0.29) is 24.8 Å². The lowest BCUT2D eigenvalue weighted by atomic mass is 10.1. The van der Waals surface area contributed by atoms with Crippen molar-refractivity contribution in [1.29, 1.82) is 0 Å². The first-order valence-electron chi connectivity index (χ1n) is 11.4. The van der Waals surface area contributed by atoms with Gasteiger partial charge in [-0.3, -0.25) is 9.59 Å². The normalized spacial score (nSPS) is 11.8. The van der Waals surface area contributed by atoms with Crippen molar-refractivity contribution in [1.82, 2.24) is 10.2 Å². The molecule has 0 spiro atoms. The van der Waals surface area contributed by atoms with Gasteiger partial charge in [-0.25, -0.2) is 0 Å². The molecule has 0 aliphatic heterocycles. The molecule has 0 bridgehead atoms. The van der Waals surface area contributed by atoms with E-state index in [4.69, 9.17) is 27.9 Å². The zero-order valence-corrected chi connectivity index (χ0v) is 21.4. The molecule has 0 radical (unpaired) electrons. The number of rotatable bonds is 12. The summed E-state index contributed by atoms with van der Waals surface area (Å²) in [7, 11) is 0. The van der Waals surface area contributed by atoms with Gasteiger partial charge < -0.3 is 15.0 Å². The monoisotopic (exact) mass is 492 g/mol. The maximum atomic E-state index is 13.2. The van der Waals surface area contributed by atoms with Crippen LogP contribution in [0.1, 0.15) is 51.2 Å². The molecule has 2 amide bonds. The minimum absolute atomic E-state index is 0.111. The van der Waals surface area contributed by atoms with E-state index in [9.17, 15) is 9.59 Å². The first-order valence-corrected chi connectivity index (χ1v) is 12.2. The molecule has 7 heteroatoms. The van der Waals surface area contributed by atoms with E-state index in [1.165, 1.54) is 0 Å². The topological polar surface area (TPSA) is 58.6 Å². The van der Waals surface area contributed by atoms with E-state index in [0.29, 0.717) is 42.0 Å². The molecule has 33 heavy (non-hydrogen) atoms. The van der Waals surface area contributed by atoms with Gasteiger partial charge >= 0.3 is 0 Å². The summed E-state index contributed by atoms with van der Waals surface area (Å²) in [5.41, 5.74) is 1.91. The molecule has 180 valence electrons. The van der Waals surface area contributed by atoms with Crippen LogP contribution in [0.3, 0.4) is 0 Å². The van der Waals surface area contributed by atoms with Gasteiger partial charge in [-0.2, -0.15) is 0 Å². The molecule has 0 aliphatic rings. The third-order valence-corrected chi connectivity index (χ3v) is 5.84. The molecular formula is C26H34Cl2N2O3. The van der Waals surface area contributed by atoms with Crippen LogP contribution in [-0.4, -0.2) is 35.9 Å². The molecule has 1 atom stereocenters. The van der Waals surface area contributed by atoms with Crippen LogP contribution in [0.15, 0.2) is 42.5 Å². The van der Waals surface area contributed by atoms with Crippen LogP contribution >= 0.6 is 23.2 Å². The van der Waals surface area contributed by atoms with Crippen LogP contribution in [0.25, 0.3) is 0 Å². The Balaban J connectivity index is 2.09. The summed E-state index contributed by atoms with van der Waals surface area (Å²) in [6.45, 7) is 9.21. The Morgan fingerprint density at radius 3 is 2.39 bits per heavy atom. The Morgan fingerprint density at radius 1 is 1.09 bits per heavy atom.